The maximum atomic E-state index is 12.2. The van der Waals surface area contributed by atoms with Crippen molar-refractivity contribution >= 4 is 11.8 Å². The van der Waals surface area contributed by atoms with Crippen molar-refractivity contribution in [3.05, 3.63) is 29.8 Å². The topological polar surface area (TPSA) is 26.0 Å². The van der Waals surface area contributed by atoms with Crippen LogP contribution in [-0.4, -0.2) is 12.1 Å². The summed E-state index contributed by atoms with van der Waals surface area (Å²) >= 11 is -0.0780. The number of thioether (sulfide) groups is 1. The first-order chi connectivity index (χ1) is 7.95. The first-order valence-corrected chi connectivity index (χ1v) is 6.33. The zero-order valence-electron chi connectivity index (χ0n) is 9.26. The van der Waals surface area contributed by atoms with Crippen LogP contribution in [-0.2, 0) is 5.41 Å². The highest BCUT2D eigenvalue weighted by Gasteiger charge is 2.37. The minimum Gasteiger partial charge on any atom is -0.330 e. The van der Waals surface area contributed by atoms with Crippen molar-refractivity contribution in [3.63, 3.8) is 0 Å². The first kappa shape index (κ1) is 12.8. The van der Waals surface area contributed by atoms with E-state index in [-0.39, 0.29) is 22.1 Å². The van der Waals surface area contributed by atoms with E-state index in [1.54, 1.807) is 12.1 Å². The summed E-state index contributed by atoms with van der Waals surface area (Å²) in [4.78, 5) is 0.229. The predicted molar refractivity (Wildman–Crippen MR) is 62.9 cm³/mol. The SMILES string of the molecule is NCC1(c2ccc(SC(F)(F)F)cc2)CCC1. The molecule has 1 nitrogen and oxygen atoms in total. The lowest BCUT2D eigenvalue weighted by Crippen LogP contribution is -2.41. The Kier molecular flexibility index (Phi) is 3.41. The number of benzene rings is 1. The maximum absolute atomic E-state index is 12.2. The van der Waals surface area contributed by atoms with Gasteiger partial charge in [0.15, 0.2) is 0 Å². The average Bonchev–Trinajstić information content (AvgIpc) is 2.17. The van der Waals surface area contributed by atoms with Crippen LogP contribution in [0.25, 0.3) is 0 Å². The van der Waals surface area contributed by atoms with E-state index in [0.717, 1.165) is 24.8 Å². The monoisotopic (exact) mass is 261 g/mol. The van der Waals surface area contributed by atoms with Crippen LogP contribution in [0.3, 0.4) is 0 Å². The summed E-state index contributed by atoms with van der Waals surface area (Å²) in [6, 6.07) is 6.62. The van der Waals surface area contributed by atoms with Gasteiger partial charge in [-0.1, -0.05) is 18.6 Å². The predicted octanol–water partition coefficient (Wildman–Crippen LogP) is 3.68. The molecular formula is C12H14F3NS. The van der Waals surface area contributed by atoms with E-state index >= 15 is 0 Å². The Bertz CT molecular complexity index is 376. The largest absolute Gasteiger partial charge is 0.446 e. The summed E-state index contributed by atoms with van der Waals surface area (Å²) in [7, 11) is 0. The maximum Gasteiger partial charge on any atom is 0.446 e. The Labute approximate surface area is 103 Å². The minimum atomic E-state index is -4.22. The molecule has 1 fully saturated rings. The van der Waals surface area contributed by atoms with Crippen LogP contribution < -0.4 is 5.73 Å². The van der Waals surface area contributed by atoms with Gasteiger partial charge in [-0.05, 0) is 42.3 Å². The number of alkyl halides is 3. The molecule has 0 amide bonds. The fourth-order valence-electron chi connectivity index (χ4n) is 2.22. The van der Waals surface area contributed by atoms with Crippen molar-refractivity contribution in [2.45, 2.75) is 35.1 Å². The Balaban J connectivity index is 2.13. The Morgan fingerprint density at radius 3 is 2.12 bits per heavy atom. The highest BCUT2D eigenvalue weighted by molar-refractivity contribution is 8.00. The van der Waals surface area contributed by atoms with E-state index < -0.39 is 5.51 Å². The molecule has 0 heterocycles. The van der Waals surface area contributed by atoms with Crippen LogP contribution in [0.5, 0.6) is 0 Å². The fourth-order valence-corrected chi connectivity index (χ4v) is 2.76. The number of nitrogens with two attached hydrogens (primary N) is 1. The molecule has 0 unspecified atom stereocenters. The van der Waals surface area contributed by atoms with Gasteiger partial charge in [0.25, 0.3) is 0 Å². The third-order valence-electron chi connectivity index (χ3n) is 3.40. The highest BCUT2D eigenvalue weighted by atomic mass is 32.2. The molecule has 1 aliphatic rings. The van der Waals surface area contributed by atoms with Crippen LogP contribution in [0.4, 0.5) is 13.2 Å². The summed E-state index contributed by atoms with van der Waals surface area (Å²) in [5, 5.41) is 0. The standard InChI is InChI=1S/C12H14F3NS/c13-12(14,15)17-10-4-2-9(3-5-10)11(8-16)6-1-7-11/h2-5H,1,6-8,16H2. The lowest BCUT2D eigenvalue weighted by Gasteiger charge is -2.41. The summed E-state index contributed by atoms with van der Waals surface area (Å²) in [6.07, 6.45) is 3.22. The van der Waals surface area contributed by atoms with Crippen molar-refractivity contribution in [2.24, 2.45) is 5.73 Å². The van der Waals surface area contributed by atoms with E-state index in [2.05, 4.69) is 0 Å². The molecule has 5 heteroatoms. The molecule has 1 aromatic rings. The van der Waals surface area contributed by atoms with Gasteiger partial charge in [-0.3, -0.25) is 0 Å². The third-order valence-corrected chi connectivity index (χ3v) is 4.14. The molecule has 1 saturated carbocycles. The quantitative estimate of drug-likeness (QED) is 0.840. The van der Waals surface area contributed by atoms with Crippen molar-refractivity contribution < 1.29 is 13.2 Å². The minimum absolute atomic E-state index is 0.0153. The summed E-state index contributed by atoms with van der Waals surface area (Å²) in [6.45, 7) is 0.568. The normalized spacial score (nSPS) is 18.8. The van der Waals surface area contributed by atoms with E-state index in [4.69, 9.17) is 5.73 Å². The summed E-state index contributed by atoms with van der Waals surface area (Å²) in [5.41, 5.74) is 2.62. The molecule has 0 bridgehead atoms. The second-order valence-electron chi connectivity index (χ2n) is 4.41. The third kappa shape index (κ3) is 2.77. The van der Waals surface area contributed by atoms with Crippen molar-refractivity contribution in [2.75, 3.05) is 6.54 Å². The van der Waals surface area contributed by atoms with Gasteiger partial charge in [0, 0.05) is 16.9 Å². The van der Waals surface area contributed by atoms with Crippen LogP contribution in [0.15, 0.2) is 29.2 Å². The molecule has 1 aliphatic carbocycles. The van der Waals surface area contributed by atoms with Crippen LogP contribution in [0.1, 0.15) is 24.8 Å². The Hall–Kier alpha value is -0.680. The smallest absolute Gasteiger partial charge is 0.330 e. The van der Waals surface area contributed by atoms with E-state index in [0.29, 0.717) is 6.54 Å². The van der Waals surface area contributed by atoms with Gasteiger partial charge >= 0.3 is 5.51 Å². The van der Waals surface area contributed by atoms with Crippen LogP contribution in [0, 0.1) is 0 Å². The molecule has 0 atom stereocenters. The number of hydrogen-bond acceptors (Lipinski definition) is 2. The lowest BCUT2D eigenvalue weighted by atomic mass is 9.64. The van der Waals surface area contributed by atoms with Gasteiger partial charge < -0.3 is 5.73 Å². The molecule has 0 radical (unpaired) electrons. The second-order valence-corrected chi connectivity index (χ2v) is 5.55. The summed E-state index contributed by atoms with van der Waals surface area (Å²) in [5.74, 6) is 0. The average molecular weight is 261 g/mol. The molecule has 2 rings (SSSR count). The highest BCUT2D eigenvalue weighted by Crippen LogP contribution is 2.44. The molecule has 0 saturated heterocycles. The van der Waals surface area contributed by atoms with Crippen molar-refractivity contribution in [1.29, 1.82) is 0 Å². The number of hydrogen-bond donors (Lipinski definition) is 1. The van der Waals surface area contributed by atoms with Crippen molar-refractivity contribution in [1.82, 2.24) is 0 Å². The van der Waals surface area contributed by atoms with Gasteiger partial charge in [-0.15, -0.1) is 0 Å². The second kappa shape index (κ2) is 4.53. The molecule has 0 aliphatic heterocycles. The Morgan fingerprint density at radius 1 is 1.18 bits per heavy atom. The van der Waals surface area contributed by atoms with Gasteiger partial charge in [0.05, 0.1) is 0 Å². The number of halogens is 3. The van der Waals surface area contributed by atoms with Crippen LogP contribution in [0.2, 0.25) is 0 Å². The van der Waals surface area contributed by atoms with Gasteiger partial charge in [-0.25, -0.2) is 0 Å². The number of rotatable bonds is 3. The zero-order valence-corrected chi connectivity index (χ0v) is 10.1. The molecule has 1 aromatic carbocycles. The van der Waals surface area contributed by atoms with Gasteiger partial charge in [-0.2, -0.15) is 13.2 Å². The molecule has 17 heavy (non-hydrogen) atoms. The van der Waals surface area contributed by atoms with E-state index in [1.807, 2.05) is 0 Å². The molecule has 94 valence electrons. The fraction of sp³-hybridized carbons (Fsp3) is 0.500. The summed E-state index contributed by atoms with van der Waals surface area (Å²) < 4.78 is 36.5. The van der Waals surface area contributed by atoms with E-state index in [1.165, 1.54) is 12.1 Å². The van der Waals surface area contributed by atoms with Crippen molar-refractivity contribution in [3.8, 4) is 0 Å². The molecule has 0 spiro atoms. The van der Waals surface area contributed by atoms with Gasteiger partial charge in [0.1, 0.15) is 0 Å². The van der Waals surface area contributed by atoms with Crippen LogP contribution >= 0.6 is 11.8 Å². The lowest BCUT2D eigenvalue weighted by molar-refractivity contribution is -0.0328. The zero-order chi connectivity index (χ0) is 12.5. The van der Waals surface area contributed by atoms with E-state index in [9.17, 15) is 13.2 Å². The molecular weight excluding hydrogens is 247 g/mol. The first-order valence-electron chi connectivity index (χ1n) is 5.52. The molecule has 2 N–H and O–H groups in total. The van der Waals surface area contributed by atoms with Gasteiger partial charge in [0.2, 0.25) is 0 Å². The Morgan fingerprint density at radius 2 is 1.76 bits per heavy atom. The molecule has 0 aromatic heterocycles.